The van der Waals surface area contributed by atoms with E-state index in [1.165, 1.54) is 0 Å². The lowest BCUT2D eigenvalue weighted by molar-refractivity contribution is 0.0240. The zero-order chi connectivity index (χ0) is 15.6. The monoisotopic (exact) mass is 423 g/mol. The number of nitrogens with zero attached hydrogens (tertiary/aromatic N) is 3. The molecule has 7 heteroatoms. The molecule has 0 N–H and O–H groups in total. The van der Waals surface area contributed by atoms with E-state index in [0.29, 0.717) is 18.1 Å². The number of hydrogen-bond acceptors (Lipinski definition) is 4. The molecule has 1 aliphatic heterocycles. The van der Waals surface area contributed by atoms with Crippen molar-refractivity contribution in [3.63, 3.8) is 0 Å². The Kier molecular flexibility index (Phi) is 5.19. The van der Waals surface area contributed by atoms with Crippen molar-refractivity contribution in [3.8, 4) is 0 Å². The van der Waals surface area contributed by atoms with E-state index in [2.05, 4.69) is 32.5 Å². The standard InChI is InChI=1S/C14H19ClIN3O2/c1-14(2,3)21-13(20)19-6-4-18(5-7-19)12-8-11(16)10(15)9-17-12/h8-9H,4-7H2,1-3H3. The van der Waals surface area contributed by atoms with Gasteiger partial charge in [0.2, 0.25) is 0 Å². The largest absolute Gasteiger partial charge is 0.444 e. The van der Waals surface area contributed by atoms with Gasteiger partial charge in [0.15, 0.2) is 0 Å². The van der Waals surface area contributed by atoms with Crippen LogP contribution in [0.15, 0.2) is 12.3 Å². The minimum atomic E-state index is -0.456. The summed E-state index contributed by atoms with van der Waals surface area (Å²) in [4.78, 5) is 20.2. The number of carbonyl (C=O) groups excluding carboxylic acids is 1. The van der Waals surface area contributed by atoms with Crippen molar-refractivity contribution < 1.29 is 9.53 Å². The van der Waals surface area contributed by atoms with E-state index < -0.39 is 5.60 Å². The Labute approximate surface area is 143 Å². The summed E-state index contributed by atoms with van der Waals surface area (Å²) in [6.45, 7) is 8.38. The zero-order valence-electron chi connectivity index (χ0n) is 12.4. The summed E-state index contributed by atoms with van der Waals surface area (Å²) < 4.78 is 6.37. The van der Waals surface area contributed by atoms with Crippen LogP contribution in [0.4, 0.5) is 10.6 Å². The molecule has 0 unspecified atom stereocenters. The first-order valence-electron chi connectivity index (χ1n) is 6.80. The molecule has 0 aromatic carbocycles. The Bertz CT molecular complexity index is 525. The molecule has 1 fully saturated rings. The second kappa shape index (κ2) is 6.56. The first-order chi connectivity index (χ1) is 9.76. The van der Waals surface area contributed by atoms with E-state index in [-0.39, 0.29) is 6.09 Å². The van der Waals surface area contributed by atoms with Gasteiger partial charge in [-0.2, -0.15) is 0 Å². The van der Waals surface area contributed by atoms with Crippen molar-refractivity contribution in [1.82, 2.24) is 9.88 Å². The van der Waals surface area contributed by atoms with Crippen LogP contribution in [-0.4, -0.2) is 47.8 Å². The third kappa shape index (κ3) is 4.60. The molecule has 1 saturated heterocycles. The molecular formula is C14H19ClIN3O2. The molecule has 0 radical (unpaired) electrons. The molecule has 0 bridgehead atoms. The lowest BCUT2D eigenvalue weighted by atomic mass is 10.2. The third-order valence-corrected chi connectivity index (χ3v) is 4.56. The average Bonchev–Trinajstić information content (AvgIpc) is 2.40. The SMILES string of the molecule is CC(C)(C)OC(=O)N1CCN(c2cc(I)c(Cl)cn2)CC1. The lowest BCUT2D eigenvalue weighted by Gasteiger charge is -2.36. The molecule has 116 valence electrons. The van der Waals surface area contributed by atoms with Gasteiger partial charge in [-0.3, -0.25) is 0 Å². The van der Waals surface area contributed by atoms with Gasteiger partial charge in [0.1, 0.15) is 11.4 Å². The number of pyridine rings is 1. The van der Waals surface area contributed by atoms with Crippen LogP contribution in [0.2, 0.25) is 5.02 Å². The Morgan fingerprint density at radius 2 is 1.95 bits per heavy atom. The molecule has 2 rings (SSSR count). The van der Waals surface area contributed by atoms with Crippen molar-refractivity contribution in [2.24, 2.45) is 0 Å². The third-order valence-electron chi connectivity index (χ3n) is 3.05. The van der Waals surface area contributed by atoms with E-state index in [0.717, 1.165) is 22.5 Å². The number of hydrogen-bond donors (Lipinski definition) is 0. The fourth-order valence-corrected chi connectivity index (χ4v) is 2.54. The Morgan fingerprint density at radius 1 is 1.33 bits per heavy atom. The molecule has 1 aromatic heterocycles. The molecule has 2 heterocycles. The van der Waals surface area contributed by atoms with Crippen LogP contribution in [0.25, 0.3) is 0 Å². The molecule has 0 aliphatic carbocycles. The minimum absolute atomic E-state index is 0.249. The summed E-state index contributed by atoms with van der Waals surface area (Å²) in [6, 6.07) is 1.96. The molecule has 0 spiro atoms. The lowest BCUT2D eigenvalue weighted by Crippen LogP contribution is -2.50. The second-order valence-corrected chi connectivity index (χ2v) is 7.48. The van der Waals surface area contributed by atoms with Crippen LogP contribution in [0.5, 0.6) is 0 Å². The molecule has 0 atom stereocenters. The number of piperazine rings is 1. The highest BCUT2D eigenvalue weighted by molar-refractivity contribution is 14.1. The first kappa shape index (κ1) is 16.6. The quantitative estimate of drug-likeness (QED) is 0.650. The van der Waals surface area contributed by atoms with E-state index >= 15 is 0 Å². The maximum atomic E-state index is 12.0. The highest BCUT2D eigenvalue weighted by Crippen LogP contribution is 2.23. The predicted octanol–water partition coefficient (Wildman–Crippen LogP) is 3.40. The van der Waals surface area contributed by atoms with Gasteiger partial charge in [-0.25, -0.2) is 9.78 Å². The van der Waals surface area contributed by atoms with E-state index in [4.69, 9.17) is 16.3 Å². The van der Waals surface area contributed by atoms with Gasteiger partial charge in [0.05, 0.1) is 5.02 Å². The van der Waals surface area contributed by atoms with Gasteiger partial charge >= 0.3 is 6.09 Å². The van der Waals surface area contributed by atoms with Crippen LogP contribution in [0, 0.1) is 3.57 Å². The van der Waals surface area contributed by atoms with Crippen LogP contribution in [-0.2, 0) is 4.74 Å². The highest BCUT2D eigenvalue weighted by atomic mass is 127. The molecule has 1 amide bonds. The summed E-state index contributed by atoms with van der Waals surface area (Å²) >= 11 is 8.18. The number of halogens is 2. The molecular weight excluding hydrogens is 405 g/mol. The highest BCUT2D eigenvalue weighted by Gasteiger charge is 2.26. The van der Waals surface area contributed by atoms with Gasteiger partial charge in [-0.15, -0.1) is 0 Å². The van der Waals surface area contributed by atoms with Crippen LogP contribution < -0.4 is 4.90 Å². The summed E-state index contributed by atoms with van der Waals surface area (Å²) in [5.41, 5.74) is -0.456. The molecule has 21 heavy (non-hydrogen) atoms. The fourth-order valence-electron chi connectivity index (χ4n) is 2.02. The maximum Gasteiger partial charge on any atom is 0.410 e. The molecule has 0 saturated carbocycles. The minimum Gasteiger partial charge on any atom is -0.444 e. The first-order valence-corrected chi connectivity index (χ1v) is 8.26. The van der Waals surface area contributed by atoms with E-state index in [1.807, 2.05) is 26.8 Å². The fraction of sp³-hybridized carbons (Fsp3) is 0.571. The predicted molar refractivity (Wildman–Crippen MR) is 92.0 cm³/mol. The summed E-state index contributed by atoms with van der Waals surface area (Å²) in [5.74, 6) is 0.896. The van der Waals surface area contributed by atoms with Crippen LogP contribution >= 0.6 is 34.2 Å². The van der Waals surface area contributed by atoms with E-state index in [9.17, 15) is 4.79 Å². The molecule has 5 nitrogen and oxygen atoms in total. The van der Waals surface area contributed by atoms with Gasteiger partial charge in [0.25, 0.3) is 0 Å². The van der Waals surface area contributed by atoms with Crippen molar-refractivity contribution in [2.45, 2.75) is 26.4 Å². The zero-order valence-corrected chi connectivity index (χ0v) is 15.3. The Morgan fingerprint density at radius 3 is 2.48 bits per heavy atom. The number of anilines is 1. The smallest absolute Gasteiger partial charge is 0.410 e. The number of ether oxygens (including phenoxy) is 1. The second-order valence-electron chi connectivity index (χ2n) is 5.91. The van der Waals surface area contributed by atoms with Crippen molar-refractivity contribution in [2.75, 3.05) is 31.1 Å². The number of carbonyl (C=O) groups is 1. The maximum absolute atomic E-state index is 12.0. The van der Waals surface area contributed by atoms with Crippen LogP contribution in [0.3, 0.4) is 0 Å². The summed E-state index contributed by atoms with van der Waals surface area (Å²) in [7, 11) is 0. The van der Waals surface area contributed by atoms with Crippen molar-refractivity contribution in [3.05, 3.63) is 20.9 Å². The van der Waals surface area contributed by atoms with E-state index in [1.54, 1.807) is 11.1 Å². The summed E-state index contributed by atoms with van der Waals surface area (Å²) in [5, 5.41) is 0.659. The van der Waals surface area contributed by atoms with Gasteiger partial charge < -0.3 is 14.5 Å². The average molecular weight is 424 g/mol. The topological polar surface area (TPSA) is 45.7 Å². The Hall–Kier alpha value is -0.760. The summed E-state index contributed by atoms with van der Waals surface area (Å²) in [6.07, 6.45) is 1.42. The van der Waals surface area contributed by atoms with Gasteiger partial charge in [-0.1, -0.05) is 11.6 Å². The Balaban J connectivity index is 1.94. The number of aromatic nitrogens is 1. The number of rotatable bonds is 1. The molecule has 1 aromatic rings. The number of amides is 1. The van der Waals surface area contributed by atoms with Crippen LogP contribution in [0.1, 0.15) is 20.8 Å². The normalized spacial score (nSPS) is 16.0. The van der Waals surface area contributed by atoms with Gasteiger partial charge in [0, 0.05) is 35.9 Å². The van der Waals surface area contributed by atoms with Crippen molar-refractivity contribution in [1.29, 1.82) is 0 Å². The van der Waals surface area contributed by atoms with Gasteiger partial charge in [-0.05, 0) is 49.4 Å². The molecule has 1 aliphatic rings. The van der Waals surface area contributed by atoms with Crippen molar-refractivity contribution >= 4 is 46.1 Å².